The van der Waals surface area contributed by atoms with E-state index in [-0.39, 0.29) is 124 Å². The lowest BCUT2D eigenvalue weighted by molar-refractivity contribution is -0.175. The molecule has 124 heavy (non-hydrogen) atoms. The molecule has 24 nitrogen and oxygen atoms in total. The first kappa shape index (κ1) is 92.5. The standard InChI is InChI=1S/C33H34F3N3O4.C30H36F3N5O5.C28H32F3N3O4/c1-21-9-11-24(12-10-21)15-27-18-38(32(42)43-20-26-13-22(2)14-28(16-26)33(34,35)36)29-19-37(17-25-7-5-4-6-8-25)30(40)23(3)39(29)31(27)41;1-4-10-34-28(41)35-14-24-27(40)36(16-21-8-6-5-7-9-21)17-25-37(15-20(3)26(39)38(24)25)29(42)43-18-22-11-19(2)12-23(13-22)30(31,32)33;1-17(2)24-26(36)32(14-20-8-6-5-7-9-20)15-23-33(13-19(4)25(35)34(23)24)27(37)38-16-21-10-18(3)11-22(12-21)28(29,30)31/h4-14,16,23,27,29H,15,17-20H2,1-3H3;5-9,11-13,20,24-25H,4,10,14-18H2,1-3H3,(H2,34,35,41);5-12,17,19,23-24H,13-16H2,1-4H3/t23-,27-,29+;20-,24-,25+;19-,23+,24-/m000/s1. The fraction of sp³-hybridized carbons (Fsp3) is 0.429. The van der Waals surface area contributed by atoms with Crippen LogP contribution in [0.1, 0.15) is 126 Å². The number of hydrogen-bond donors (Lipinski definition) is 2. The number of benzene rings is 7. The molecular weight excluding hydrogens is 1630 g/mol. The molecule has 7 aromatic carbocycles. The molecule has 33 heteroatoms. The second kappa shape index (κ2) is 39.5. The van der Waals surface area contributed by atoms with Crippen molar-refractivity contribution < 1.29 is 102 Å². The van der Waals surface area contributed by atoms with Crippen LogP contribution in [-0.2, 0) is 107 Å². The molecule has 0 aromatic heterocycles. The molecule has 0 saturated carbocycles. The second-order valence-electron chi connectivity index (χ2n) is 32.7. The van der Waals surface area contributed by atoms with Gasteiger partial charge in [-0.05, 0) is 129 Å². The number of urea groups is 1. The highest BCUT2D eigenvalue weighted by molar-refractivity contribution is 5.94. The summed E-state index contributed by atoms with van der Waals surface area (Å²) in [7, 11) is 0. The number of nitrogens with one attached hydrogen (secondary N) is 2. The van der Waals surface area contributed by atoms with Crippen molar-refractivity contribution in [1.82, 2.24) is 54.7 Å². The molecule has 662 valence electrons. The molecule has 0 spiro atoms. The second-order valence-corrected chi connectivity index (χ2v) is 32.7. The van der Waals surface area contributed by atoms with Crippen LogP contribution in [0.3, 0.4) is 0 Å². The lowest BCUT2D eigenvalue weighted by Gasteiger charge is -2.54. The van der Waals surface area contributed by atoms with Gasteiger partial charge in [0.2, 0.25) is 35.4 Å². The lowest BCUT2D eigenvalue weighted by Crippen LogP contribution is -2.74. The maximum Gasteiger partial charge on any atom is 0.416 e. The van der Waals surface area contributed by atoms with E-state index in [1.54, 1.807) is 44.4 Å². The molecule has 0 unspecified atom stereocenters. The van der Waals surface area contributed by atoms with Crippen LogP contribution in [0.15, 0.2) is 170 Å². The Balaban J connectivity index is 0.000000181. The zero-order valence-corrected chi connectivity index (χ0v) is 70.5. The Kier molecular flexibility index (Phi) is 29.5. The summed E-state index contributed by atoms with van der Waals surface area (Å²) < 4.78 is 136. The molecule has 9 atom stereocenters. The van der Waals surface area contributed by atoms with Gasteiger partial charge in [0.25, 0.3) is 0 Å². The van der Waals surface area contributed by atoms with Crippen molar-refractivity contribution in [3.05, 3.63) is 248 Å². The maximum absolute atomic E-state index is 13.8. The highest BCUT2D eigenvalue weighted by atomic mass is 19.4. The molecular formula is C91H102F9N11O13. The number of hydrogen-bond acceptors (Lipinski definition) is 13. The number of aryl methyl sites for hydroxylation is 4. The first-order valence-electron chi connectivity index (χ1n) is 41.0. The van der Waals surface area contributed by atoms with Crippen LogP contribution in [0, 0.1) is 51.4 Å². The number of amides is 11. The first-order chi connectivity index (χ1) is 58.6. The number of nitrogens with zero attached hydrogens (tertiary/aromatic N) is 9. The minimum Gasteiger partial charge on any atom is -0.444 e. The normalized spacial score (nSPS) is 21.1. The lowest BCUT2D eigenvalue weighted by atomic mass is 9.92. The van der Waals surface area contributed by atoms with Gasteiger partial charge in [0, 0.05) is 52.4 Å². The molecule has 7 aromatic rings. The molecule has 2 N–H and O–H groups in total. The number of alkyl halides is 9. The Morgan fingerprint density at radius 2 is 0.774 bits per heavy atom. The number of carbonyl (C=O) groups excluding carboxylic acids is 10. The van der Waals surface area contributed by atoms with Gasteiger partial charge in [0.15, 0.2) is 0 Å². The maximum atomic E-state index is 13.8. The number of fused-ring (bicyclic) bond motifs is 3. The van der Waals surface area contributed by atoms with Crippen LogP contribution in [0.4, 0.5) is 58.7 Å². The average Bonchev–Trinajstić information content (AvgIpc) is 0.764. The van der Waals surface area contributed by atoms with Crippen LogP contribution in [0.5, 0.6) is 0 Å². The SMILES string of the molecule is CCCNC(=O)NC[C@H]1C(=O)N(Cc2ccccc2)C[C@@H]2N(C(=O)OCc3cc(C)cc(C(F)(F)F)c3)C[C@H](C)C(=O)N21.Cc1cc(COC(=O)N2C[C@H](C)C(=O)N3[C@@H](C(C)C)C(=O)N(Cc4ccccc4)C[C@H]23)cc(C(F)(F)F)c1.Cc1ccc(C[C@H]2CN(C(=O)OCc3cc(C)cc(C(F)(F)F)c3)[C@H]3CN(Cc4ccccc4)C(=O)[C@H](C)N3C2=O)cc1. The van der Waals surface area contributed by atoms with Gasteiger partial charge in [-0.15, -0.1) is 0 Å². The Labute approximate surface area is 713 Å². The summed E-state index contributed by atoms with van der Waals surface area (Å²) in [5.41, 5.74) is 3.92. The third-order valence-corrected chi connectivity index (χ3v) is 22.4. The van der Waals surface area contributed by atoms with Crippen LogP contribution in [-0.4, -0.2) is 193 Å². The summed E-state index contributed by atoms with van der Waals surface area (Å²) in [5, 5.41) is 5.34. The zero-order valence-electron chi connectivity index (χ0n) is 70.5. The van der Waals surface area contributed by atoms with Crippen molar-refractivity contribution >= 4 is 59.8 Å². The van der Waals surface area contributed by atoms with Crippen molar-refractivity contribution in [2.45, 2.75) is 177 Å². The number of ether oxygens (including phenoxy) is 3. The smallest absolute Gasteiger partial charge is 0.416 e. The highest BCUT2D eigenvalue weighted by Crippen LogP contribution is 2.39. The van der Waals surface area contributed by atoms with E-state index in [1.807, 2.05) is 143 Å². The molecule has 6 fully saturated rings. The van der Waals surface area contributed by atoms with E-state index in [0.717, 1.165) is 64.2 Å². The minimum absolute atomic E-state index is 0.00897. The van der Waals surface area contributed by atoms with E-state index in [9.17, 15) is 87.5 Å². The summed E-state index contributed by atoms with van der Waals surface area (Å²) in [5.74, 6) is -3.66. The first-order valence-corrected chi connectivity index (χ1v) is 41.0. The van der Waals surface area contributed by atoms with Gasteiger partial charge in [0.05, 0.1) is 54.1 Å². The summed E-state index contributed by atoms with van der Waals surface area (Å²) in [6.45, 7) is 17.4. The minimum atomic E-state index is -4.55. The van der Waals surface area contributed by atoms with Gasteiger partial charge in [-0.1, -0.05) is 190 Å². The fourth-order valence-corrected chi connectivity index (χ4v) is 16.5. The van der Waals surface area contributed by atoms with Crippen LogP contribution >= 0.6 is 0 Å². The number of piperazine rings is 3. The van der Waals surface area contributed by atoms with E-state index >= 15 is 0 Å². The Morgan fingerprint density at radius 3 is 1.17 bits per heavy atom. The van der Waals surface area contributed by atoms with Gasteiger partial charge in [0.1, 0.15) is 56.4 Å². The van der Waals surface area contributed by atoms with Gasteiger partial charge in [-0.3, -0.25) is 43.5 Å². The Morgan fingerprint density at radius 1 is 0.403 bits per heavy atom. The number of halogens is 9. The van der Waals surface area contributed by atoms with E-state index in [0.29, 0.717) is 49.2 Å². The van der Waals surface area contributed by atoms with Crippen molar-refractivity contribution in [3.63, 3.8) is 0 Å². The molecule has 11 amide bonds. The molecule has 0 bridgehead atoms. The fourth-order valence-electron chi connectivity index (χ4n) is 16.5. The van der Waals surface area contributed by atoms with Crippen LogP contribution in [0.2, 0.25) is 0 Å². The molecule has 6 aliphatic heterocycles. The molecule has 6 heterocycles. The van der Waals surface area contributed by atoms with Gasteiger partial charge < -0.3 is 54.2 Å². The monoisotopic (exact) mass is 1730 g/mol. The summed E-state index contributed by atoms with van der Waals surface area (Å²) in [4.78, 5) is 147. The third-order valence-electron chi connectivity index (χ3n) is 22.4. The predicted octanol–water partition coefficient (Wildman–Crippen LogP) is 14.4. The van der Waals surface area contributed by atoms with E-state index in [1.165, 1.54) is 59.4 Å². The van der Waals surface area contributed by atoms with Gasteiger partial charge in [-0.2, -0.15) is 39.5 Å². The summed E-state index contributed by atoms with van der Waals surface area (Å²) >= 11 is 0. The van der Waals surface area contributed by atoms with Crippen molar-refractivity contribution in [2.24, 2.45) is 23.7 Å². The highest BCUT2D eigenvalue weighted by Gasteiger charge is 2.55. The Bertz CT molecular complexity index is 5010. The predicted molar refractivity (Wildman–Crippen MR) is 437 cm³/mol. The van der Waals surface area contributed by atoms with Crippen molar-refractivity contribution in [2.75, 3.05) is 52.4 Å². The average molecular weight is 1730 g/mol. The number of carbonyl (C=O) groups is 10. The van der Waals surface area contributed by atoms with Crippen molar-refractivity contribution in [1.29, 1.82) is 0 Å². The van der Waals surface area contributed by atoms with Gasteiger partial charge >= 0.3 is 42.8 Å². The van der Waals surface area contributed by atoms with Crippen molar-refractivity contribution in [3.8, 4) is 0 Å². The topological polar surface area (TPSA) is 252 Å². The van der Waals surface area contributed by atoms with Crippen LogP contribution in [0.25, 0.3) is 0 Å². The van der Waals surface area contributed by atoms with E-state index in [2.05, 4.69) is 10.6 Å². The molecule has 0 aliphatic carbocycles. The number of rotatable bonds is 19. The molecule has 6 aliphatic rings. The molecule has 6 saturated heterocycles. The molecule has 0 radical (unpaired) electrons. The Hall–Kier alpha value is -12.2. The quantitative estimate of drug-likeness (QED) is 0.0565. The van der Waals surface area contributed by atoms with E-state index < -0.39 is 121 Å². The van der Waals surface area contributed by atoms with E-state index in [4.69, 9.17) is 14.2 Å². The zero-order chi connectivity index (χ0) is 90.0. The van der Waals surface area contributed by atoms with Crippen LogP contribution < -0.4 is 10.6 Å². The third kappa shape index (κ3) is 22.6. The van der Waals surface area contributed by atoms with Gasteiger partial charge in [-0.25, -0.2) is 19.2 Å². The summed E-state index contributed by atoms with van der Waals surface area (Å²) in [6, 6.07) is 43.2. The molecule has 13 rings (SSSR count). The summed E-state index contributed by atoms with van der Waals surface area (Å²) in [6.07, 6.45) is -17.3. The largest absolute Gasteiger partial charge is 0.444 e.